The van der Waals surface area contributed by atoms with Gasteiger partial charge in [0.2, 0.25) is 0 Å². The summed E-state index contributed by atoms with van der Waals surface area (Å²) >= 11 is 0. The van der Waals surface area contributed by atoms with E-state index in [0.717, 1.165) is 28.0 Å². The van der Waals surface area contributed by atoms with Gasteiger partial charge in [-0.2, -0.15) is 5.26 Å². The molecule has 0 spiro atoms. The van der Waals surface area contributed by atoms with E-state index in [9.17, 15) is 10.1 Å². The highest BCUT2D eigenvalue weighted by atomic mass is 16.5. The molecule has 0 bridgehead atoms. The Kier molecular flexibility index (Phi) is 8.26. The van der Waals surface area contributed by atoms with Gasteiger partial charge >= 0.3 is 0 Å². The van der Waals surface area contributed by atoms with Crippen LogP contribution in [0.5, 0.6) is 5.75 Å². The standard InChI is InChI=1S/C23H28N4O2/c1-4-29-22-9-8-16(2)10-21(22)17(3)27-23(28)20(13-25)15-26-14-19-7-5-6-18(11-19)12-24/h5-11,15,17,26H,4,12,14,24H2,1-3H3,(H,27,28)/b20-15-. The Morgan fingerprint density at radius 3 is 2.72 bits per heavy atom. The third-order valence-electron chi connectivity index (χ3n) is 4.42. The van der Waals surface area contributed by atoms with Crippen LogP contribution in [0.25, 0.3) is 0 Å². The number of benzene rings is 2. The number of rotatable bonds is 9. The van der Waals surface area contributed by atoms with Crippen LogP contribution in [-0.2, 0) is 17.9 Å². The number of ether oxygens (including phenoxy) is 1. The lowest BCUT2D eigenvalue weighted by Gasteiger charge is -2.18. The van der Waals surface area contributed by atoms with Gasteiger partial charge in [-0.05, 0) is 38.0 Å². The monoisotopic (exact) mass is 392 g/mol. The Balaban J connectivity index is 2.04. The highest BCUT2D eigenvalue weighted by Crippen LogP contribution is 2.26. The Morgan fingerprint density at radius 1 is 1.28 bits per heavy atom. The largest absolute Gasteiger partial charge is 0.494 e. The van der Waals surface area contributed by atoms with Crippen molar-refractivity contribution in [2.45, 2.75) is 39.9 Å². The molecule has 1 unspecified atom stereocenters. The van der Waals surface area contributed by atoms with Crippen LogP contribution < -0.4 is 21.1 Å². The van der Waals surface area contributed by atoms with Crippen LogP contribution in [0, 0.1) is 18.3 Å². The van der Waals surface area contributed by atoms with E-state index in [1.807, 2.05) is 69.3 Å². The zero-order valence-corrected chi connectivity index (χ0v) is 17.2. The van der Waals surface area contributed by atoms with Crippen molar-refractivity contribution in [3.8, 4) is 11.8 Å². The molecule has 29 heavy (non-hydrogen) atoms. The van der Waals surface area contributed by atoms with Crippen molar-refractivity contribution >= 4 is 5.91 Å². The minimum Gasteiger partial charge on any atom is -0.494 e. The molecule has 2 aromatic rings. The second kappa shape index (κ2) is 10.9. The van der Waals surface area contributed by atoms with Gasteiger partial charge in [-0.1, -0.05) is 42.0 Å². The lowest BCUT2D eigenvalue weighted by Crippen LogP contribution is -2.29. The fourth-order valence-electron chi connectivity index (χ4n) is 2.93. The van der Waals surface area contributed by atoms with Crippen LogP contribution in [0.3, 0.4) is 0 Å². The van der Waals surface area contributed by atoms with E-state index in [2.05, 4.69) is 10.6 Å². The second-order valence-electron chi connectivity index (χ2n) is 6.74. The molecule has 152 valence electrons. The summed E-state index contributed by atoms with van der Waals surface area (Å²) in [6.45, 7) is 7.27. The normalized spacial score (nSPS) is 12.0. The van der Waals surface area contributed by atoms with Gasteiger partial charge in [-0.15, -0.1) is 0 Å². The van der Waals surface area contributed by atoms with Gasteiger partial charge in [0, 0.05) is 24.9 Å². The Labute approximate surface area is 172 Å². The summed E-state index contributed by atoms with van der Waals surface area (Å²) in [6, 6.07) is 15.3. The molecule has 0 aliphatic heterocycles. The average molecular weight is 393 g/mol. The summed E-state index contributed by atoms with van der Waals surface area (Å²) < 4.78 is 5.66. The predicted molar refractivity (Wildman–Crippen MR) is 114 cm³/mol. The molecule has 0 heterocycles. The fourth-order valence-corrected chi connectivity index (χ4v) is 2.93. The molecule has 2 rings (SSSR count). The first-order valence-corrected chi connectivity index (χ1v) is 9.64. The smallest absolute Gasteiger partial charge is 0.263 e. The van der Waals surface area contributed by atoms with Crippen molar-refractivity contribution in [1.82, 2.24) is 10.6 Å². The van der Waals surface area contributed by atoms with E-state index in [1.165, 1.54) is 6.20 Å². The Bertz CT molecular complexity index is 915. The van der Waals surface area contributed by atoms with E-state index >= 15 is 0 Å². The first kappa shape index (κ1) is 22.0. The number of amides is 1. The van der Waals surface area contributed by atoms with Crippen LogP contribution in [0.4, 0.5) is 0 Å². The zero-order chi connectivity index (χ0) is 21.2. The summed E-state index contributed by atoms with van der Waals surface area (Å²) in [6.07, 6.45) is 1.44. The van der Waals surface area contributed by atoms with Gasteiger partial charge < -0.3 is 21.1 Å². The van der Waals surface area contributed by atoms with Crippen molar-refractivity contribution in [2.24, 2.45) is 5.73 Å². The molecule has 6 heteroatoms. The number of nitriles is 1. The van der Waals surface area contributed by atoms with Crippen molar-refractivity contribution in [3.63, 3.8) is 0 Å². The van der Waals surface area contributed by atoms with Gasteiger partial charge in [0.15, 0.2) is 0 Å². The number of hydrogen-bond donors (Lipinski definition) is 3. The van der Waals surface area contributed by atoms with Gasteiger partial charge in [0.1, 0.15) is 17.4 Å². The summed E-state index contributed by atoms with van der Waals surface area (Å²) in [5, 5.41) is 15.3. The average Bonchev–Trinajstić information content (AvgIpc) is 2.72. The maximum absolute atomic E-state index is 12.6. The summed E-state index contributed by atoms with van der Waals surface area (Å²) in [5.74, 6) is 0.290. The number of aryl methyl sites for hydroxylation is 1. The molecule has 0 aromatic heterocycles. The molecule has 1 atom stereocenters. The molecule has 0 radical (unpaired) electrons. The number of carbonyl (C=O) groups is 1. The first-order chi connectivity index (χ1) is 14.0. The number of nitrogens with zero attached hydrogens (tertiary/aromatic N) is 1. The number of carbonyl (C=O) groups excluding carboxylic acids is 1. The molecular weight excluding hydrogens is 364 g/mol. The molecule has 0 aliphatic carbocycles. The van der Waals surface area contributed by atoms with Gasteiger partial charge in [0.05, 0.1) is 12.6 Å². The van der Waals surface area contributed by atoms with E-state index in [4.69, 9.17) is 10.5 Å². The van der Waals surface area contributed by atoms with Gasteiger partial charge in [-0.25, -0.2) is 0 Å². The van der Waals surface area contributed by atoms with Crippen LogP contribution in [-0.4, -0.2) is 12.5 Å². The van der Waals surface area contributed by atoms with E-state index in [-0.39, 0.29) is 11.6 Å². The summed E-state index contributed by atoms with van der Waals surface area (Å²) in [7, 11) is 0. The Morgan fingerprint density at radius 2 is 2.03 bits per heavy atom. The number of nitrogens with one attached hydrogen (secondary N) is 2. The quantitative estimate of drug-likeness (QED) is 0.449. The molecule has 6 nitrogen and oxygen atoms in total. The maximum Gasteiger partial charge on any atom is 0.263 e. The van der Waals surface area contributed by atoms with Crippen molar-refractivity contribution in [1.29, 1.82) is 5.26 Å². The number of hydrogen-bond acceptors (Lipinski definition) is 5. The minimum absolute atomic E-state index is 0.0115. The first-order valence-electron chi connectivity index (χ1n) is 9.64. The lowest BCUT2D eigenvalue weighted by molar-refractivity contribution is -0.117. The molecule has 0 aliphatic rings. The van der Waals surface area contributed by atoms with Crippen LogP contribution in [0.15, 0.2) is 54.2 Å². The SMILES string of the molecule is CCOc1ccc(C)cc1C(C)NC(=O)/C(C#N)=C\NCc1cccc(CN)c1. The van der Waals surface area contributed by atoms with Crippen LogP contribution in [0.1, 0.15) is 42.1 Å². The molecule has 1 amide bonds. The summed E-state index contributed by atoms with van der Waals surface area (Å²) in [4.78, 5) is 12.6. The minimum atomic E-state index is -0.438. The lowest BCUT2D eigenvalue weighted by atomic mass is 10.0. The van der Waals surface area contributed by atoms with E-state index < -0.39 is 5.91 Å². The number of nitrogens with two attached hydrogens (primary N) is 1. The van der Waals surface area contributed by atoms with E-state index in [0.29, 0.717) is 19.7 Å². The molecule has 0 fully saturated rings. The zero-order valence-electron chi connectivity index (χ0n) is 17.2. The third kappa shape index (κ3) is 6.37. The van der Waals surface area contributed by atoms with Crippen LogP contribution >= 0.6 is 0 Å². The van der Waals surface area contributed by atoms with Crippen molar-refractivity contribution < 1.29 is 9.53 Å². The third-order valence-corrected chi connectivity index (χ3v) is 4.42. The molecule has 4 N–H and O–H groups in total. The molecule has 2 aromatic carbocycles. The maximum atomic E-state index is 12.6. The predicted octanol–water partition coefficient (Wildman–Crippen LogP) is 3.23. The second-order valence-corrected chi connectivity index (χ2v) is 6.74. The van der Waals surface area contributed by atoms with Crippen molar-refractivity contribution in [2.75, 3.05) is 6.61 Å². The molecule has 0 saturated carbocycles. The van der Waals surface area contributed by atoms with Gasteiger partial charge in [0.25, 0.3) is 5.91 Å². The van der Waals surface area contributed by atoms with Crippen LogP contribution in [0.2, 0.25) is 0 Å². The highest BCUT2D eigenvalue weighted by Gasteiger charge is 2.17. The van der Waals surface area contributed by atoms with E-state index in [1.54, 1.807) is 0 Å². The summed E-state index contributed by atoms with van der Waals surface area (Å²) in [5.41, 5.74) is 9.67. The molecule has 0 saturated heterocycles. The highest BCUT2D eigenvalue weighted by molar-refractivity contribution is 5.97. The molecular formula is C23H28N4O2. The van der Waals surface area contributed by atoms with Gasteiger partial charge in [-0.3, -0.25) is 4.79 Å². The van der Waals surface area contributed by atoms with Crippen molar-refractivity contribution in [3.05, 3.63) is 76.5 Å². The fraction of sp³-hybridized carbons (Fsp3) is 0.304. The topological polar surface area (TPSA) is 100 Å². The Hall–Kier alpha value is -3.30.